The van der Waals surface area contributed by atoms with Crippen molar-refractivity contribution in [2.24, 2.45) is 11.8 Å². The second-order valence-corrected chi connectivity index (χ2v) is 13.4. The molecule has 0 aromatic heterocycles. The van der Waals surface area contributed by atoms with Gasteiger partial charge >= 0.3 is 0 Å². The number of carbonyl (C=O) groups excluding carboxylic acids is 3. The molecule has 1 unspecified atom stereocenters. The lowest BCUT2D eigenvalue weighted by Gasteiger charge is -2.35. The second kappa shape index (κ2) is 11.7. The Kier molecular flexibility index (Phi) is 8.03. The number of thioether (sulfide) groups is 1. The van der Waals surface area contributed by atoms with Gasteiger partial charge in [-0.15, -0.1) is 11.8 Å². The Bertz CT molecular complexity index is 1430. The Morgan fingerprint density at radius 3 is 2.43 bits per heavy atom. The first kappa shape index (κ1) is 28.7. The van der Waals surface area contributed by atoms with E-state index >= 15 is 0 Å². The van der Waals surface area contributed by atoms with Gasteiger partial charge in [0.25, 0.3) is 5.91 Å². The van der Waals surface area contributed by atoms with Gasteiger partial charge in [-0.05, 0) is 56.0 Å². The van der Waals surface area contributed by atoms with Crippen molar-refractivity contribution >= 4 is 40.9 Å². The summed E-state index contributed by atoms with van der Waals surface area (Å²) in [5.74, 6) is -1.43. The van der Waals surface area contributed by atoms with E-state index in [2.05, 4.69) is 12.2 Å². The molecule has 2 saturated heterocycles. The van der Waals surface area contributed by atoms with E-state index in [-0.39, 0.29) is 29.6 Å². The second-order valence-electron chi connectivity index (χ2n) is 11.9. The molecular formula is C34H39N3O4S. The number of fused-ring (bicyclic) bond motifs is 2. The summed E-state index contributed by atoms with van der Waals surface area (Å²) >= 11 is 1.62. The average molecular weight is 586 g/mol. The van der Waals surface area contributed by atoms with Crippen LogP contribution in [0.3, 0.4) is 0 Å². The Hall–Kier alpha value is -3.36. The van der Waals surface area contributed by atoms with Gasteiger partial charge in [0.1, 0.15) is 6.04 Å². The number of nitrogens with zero attached hydrogens (tertiary/aromatic N) is 3. The fourth-order valence-corrected chi connectivity index (χ4v) is 9.20. The Balaban J connectivity index is 1.40. The van der Waals surface area contributed by atoms with Crippen LogP contribution >= 0.6 is 11.8 Å². The molecule has 2 aromatic carbocycles. The highest BCUT2D eigenvalue weighted by molar-refractivity contribution is 8.02. The molecule has 220 valence electrons. The number of carbonyl (C=O) groups is 3. The van der Waals surface area contributed by atoms with Crippen LogP contribution in [0, 0.1) is 25.7 Å². The molecular weight excluding hydrogens is 546 g/mol. The van der Waals surface area contributed by atoms with Gasteiger partial charge in [-0.25, -0.2) is 0 Å². The van der Waals surface area contributed by atoms with Crippen LogP contribution in [0.2, 0.25) is 0 Å². The lowest BCUT2D eigenvalue weighted by molar-refractivity contribution is -0.138. The van der Waals surface area contributed by atoms with E-state index < -0.39 is 22.6 Å². The van der Waals surface area contributed by atoms with Crippen LogP contribution in [-0.4, -0.2) is 70.0 Å². The number of rotatable bonds is 8. The Morgan fingerprint density at radius 2 is 1.64 bits per heavy atom. The summed E-state index contributed by atoms with van der Waals surface area (Å²) in [5.41, 5.74) is 3.76. The Labute approximate surface area is 252 Å². The number of aliphatic hydroxyl groups excluding tert-OH is 1. The van der Waals surface area contributed by atoms with Gasteiger partial charge in [0.05, 0.1) is 16.6 Å². The Morgan fingerprint density at radius 1 is 0.881 bits per heavy atom. The van der Waals surface area contributed by atoms with Crippen molar-refractivity contribution in [1.29, 1.82) is 0 Å². The summed E-state index contributed by atoms with van der Waals surface area (Å²) in [6.45, 7) is 5.51. The fourth-order valence-electron chi connectivity index (χ4n) is 7.19. The van der Waals surface area contributed by atoms with Gasteiger partial charge in [0.15, 0.2) is 0 Å². The minimum absolute atomic E-state index is 0.0565. The summed E-state index contributed by atoms with van der Waals surface area (Å²) in [4.78, 5) is 48.9. The first-order valence-electron chi connectivity index (χ1n) is 15.1. The molecule has 42 heavy (non-hydrogen) atoms. The summed E-state index contributed by atoms with van der Waals surface area (Å²) in [5, 5.41) is 9.03. The van der Waals surface area contributed by atoms with Crippen molar-refractivity contribution in [2.45, 2.75) is 55.6 Å². The topological polar surface area (TPSA) is 81.2 Å². The number of benzene rings is 2. The largest absolute Gasteiger partial charge is 0.396 e. The maximum atomic E-state index is 14.7. The van der Waals surface area contributed by atoms with Gasteiger partial charge in [-0.2, -0.15) is 0 Å². The number of amides is 3. The van der Waals surface area contributed by atoms with Crippen LogP contribution in [0.15, 0.2) is 72.8 Å². The number of anilines is 2. The van der Waals surface area contributed by atoms with E-state index in [1.807, 2.05) is 79.4 Å². The first-order chi connectivity index (χ1) is 20.4. The number of aliphatic hydroxyl groups is 1. The van der Waals surface area contributed by atoms with Crippen LogP contribution in [0.4, 0.5) is 11.4 Å². The standard InChI is InChI=1S/C34H39N3O4S/c1-23-15-16-24(2)26(22-23)36-20-11-17-34-29(32(40)37(30(34)33(36)41)18-8-3-4-9-21-38)28-27(42-34)14-10-19-35(31(28)39)25-12-6-5-7-13-25/h5-7,10-17,22,27-30,38H,3-4,8-9,18-21H2,1-2H3/t27-,28+,29-,30?,34-/m0/s1. The molecule has 5 atom stereocenters. The lowest BCUT2D eigenvalue weighted by atomic mass is 9.78. The smallest absolute Gasteiger partial charge is 0.251 e. The molecule has 0 aliphatic carbocycles. The number of likely N-dealkylation sites (tertiary alicyclic amines) is 1. The minimum atomic E-state index is -0.833. The molecule has 8 heteroatoms. The zero-order chi connectivity index (χ0) is 29.4. The normalized spacial score (nSPS) is 28.5. The SMILES string of the molecule is Cc1ccc(C)c(N2CC=C[C@]34S[C@H]5C=CCN(c6ccccc6)C(=O)[C@H]5[C@H]3C(=O)N(CCCCCCO)C4C2=O)c1. The number of hydrogen-bond acceptors (Lipinski definition) is 5. The average Bonchev–Trinajstić information content (AvgIpc) is 3.29. The molecule has 0 radical (unpaired) electrons. The van der Waals surface area contributed by atoms with E-state index in [4.69, 9.17) is 0 Å². The highest BCUT2D eigenvalue weighted by Gasteiger charge is 2.71. The van der Waals surface area contributed by atoms with Crippen LogP contribution < -0.4 is 9.80 Å². The molecule has 6 rings (SSSR count). The quantitative estimate of drug-likeness (QED) is 0.360. The lowest BCUT2D eigenvalue weighted by Crippen LogP contribution is -2.53. The van der Waals surface area contributed by atoms with E-state index in [0.29, 0.717) is 19.6 Å². The first-order valence-corrected chi connectivity index (χ1v) is 15.9. The van der Waals surface area contributed by atoms with Crippen molar-refractivity contribution in [3.05, 3.63) is 84.0 Å². The van der Waals surface area contributed by atoms with E-state index in [1.54, 1.807) is 21.6 Å². The zero-order valence-electron chi connectivity index (χ0n) is 24.3. The molecule has 3 amide bonds. The monoisotopic (exact) mass is 585 g/mol. The predicted molar refractivity (Wildman–Crippen MR) is 167 cm³/mol. The van der Waals surface area contributed by atoms with Crippen molar-refractivity contribution in [3.63, 3.8) is 0 Å². The van der Waals surface area contributed by atoms with Crippen molar-refractivity contribution in [2.75, 3.05) is 36.0 Å². The molecule has 1 spiro atoms. The number of hydrogen-bond donors (Lipinski definition) is 1. The molecule has 4 aliphatic rings. The molecule has 0 saturated carbocycles. The molecule has 2 aromatic rings. The molecule has 7 nitrogen and oxygen atoms in total. The maximum absolute atomic E-state index is 14.7. The highest BCUT2D eigenvalue weighted by atomic mass is 32.2. The molecule has 1 N–H and O–H groups in total. The highest BCUT2D eigenvalue weighted by Crippen LogP contribution is 2.61. The van der Waals surface area contributed by atoms with Gasteiger partial charge < -0.3 is 19.8 Å². The van der Waals surface area contributed by atoms with Crippen molar-refractivity contribution in [1.82, 2.24) is 4.90 Å². The maximum Gasteiger partial charge on any atom is 0.251 e. The zero-order valence-corrected chi connectivity index (χ0v) is 25.1. The number of aryl methyl sites for hydroxylation is 2. The molecule has 0 bridgehead atoms. The third-order valence-corrected chi connectivity index (χ3v) is 10.9. The molecule has 4 aliphatic heterocycles. The van der Waals surface area contributed by atoms with E-state index in [0.717, 1.165) is 48.2 Å². The van der Waals surface area contributed by atoms with Crippen LogP contribution in [0.1, 0.15) is 36.8 Å². The van der Waals surface area contributed by atoms with Gasteiger partial charge in [-0.1, -0.05) is 67.5 Å². The summed E-state index contributed by atoms with van der Waals surface area (Å²) < 4.78 is -0.833. The van der Waals surface area contributed by atoms with Crippen molar-refractivity contribution < 1.29 is 19.5 Å². The summed E-state index contributed by atoms with van der Waals surface area (Å²) in [6.07, 6.45) is 11.4. The minimum Gasteiger partial charge on any atom is -0.396 e. The van der Waals surface area contributed by atoms with Crippen LogP contribution in [0.25, 0.3) is 0 Å². The summed E-state index contributed by atoms with van der Waals surface area (Å²) in [7, 11) is 0. The van der Waals surface area contributed by atoms with Gasteiger partial charge in [0, 0.05) is 42.9 Å². The number of unbranched alkanes of at least 4 members (excludes halogenated alkanes) is 3. The van der Waals surface area contributed by atoms with Gasteiger partial charge in [-0.3, -0.25) is 14.4 Å². The van der Waals surface area contributed by atoms with Gasteiger partial charge in [0.2, 0.25) is 11.8 Å². The number of para-hydroxylation sites is 1. The summed E-state index contributed by atoms with van der Waals surface area (Å²) in [6, 6.07) is 15.1. The molecule has 2 fully saturated rings. The third kappa shape index (κ3) is 4.78. The van der Waals surface area contributed by atoms with E-state index in [1.165, 1.54) is 0 Å². The van der Waals surface area contributed by atoms with Crippen LogP contribution in [0.5, 0.6) is 0 Å². The fraction of sp³-hybridized carbons (Fsp3) is 0.441. The van der Waals surface area contributed by atoms with E-state index in [9.17, 15) is 19.5 Å². The third-order valence-electron chi connectivity index (χ3n) is 9.19. The molecule has 4 heterocycles. The van der Waals surface area contributed by atoms with Crippen molar-refractivity contribution in [3.8, 4) is 0 Å². The predicted octanol–water partition coefficient (Wildman–Crippen LogP) is 4.66. The van der Waals surface area contributed by atoms with Crippen LogP contribution in [-0.2, 0) is 14.4 Å².